The van der Waals surface area contributed by atoms with Crippen LogP contribution >= 0.6 is 0 Å². The molecule has 0 spiro atoms. The van der Waals surface area contributed by atoms with Crippen LogP contribution in [0.15, 0.2) is 54.6 Å². The smallest absolute Gasteiger partial charge is 0.409 e. The van der Waals surface area contributed by atoms with Gasteiger partial charge in [0.1, 0.15) is 5.75 Å². The lowest BCUT2D eigenvalue weighted by Gasteiger charge is -2.18. The molecule has 2 rings (SSSR count). The highest BCUT2D eigenvalue weighted by Gasteiger charge is 2.20. The van der Waals surface area contributed by atoms with E-state index in [2.05, 4.69) is 0 Å². The molecule has 0 fully saturated rings. The first-order chi connectivity index (χ1) is 12.4. The SMILES string of the molecule is NC(=O)Oc1ccc(C[C@H](C[C@@H](O)CCc2ccccc2)C(N)=O)cc1. The summed E-state index contributed by atoms with van der Waals surface area (Å²) in [5.41, 5.74) is 12.5. The van der Waals surface area contributed by atoms with Crippen molar-refractivity contribution in [2.24, 2.45) is 17.4 Å². The van der Waals surface area contributed by atoms with Gasteiger partial charge in [-0.25, -0.2) is 4.79 Å². The van der Waals surface area contributed by atoms with E-state index in [9.17, 15) is 14.7 Å². The largest absolute Gasteiger partial charge is 0.411 e. The van der Waals surface area contributed by atoms with Crippen molar-refractivity contribution in [3.05, 3.63) is 65.7 Å². The molecule has 0 aliphatic carbocycles. The molecule has 0 bridgehead atoms. The lowest BCUT2D eigenvalue weighted by atomic mass is 9.91. The lowest BCUT2D eigenvalue weighted by molar-refractivity contribution is -0.122. The number of aliphatic hydroxyl groups excluding tert-OH is 1. The first kappa shape index (κ1) is 19.5. The van der Waals surface area contributed by atoms with Gasteiger partial charge in [-0.2, -0.15) is 0 Å². The van der Waals surface area contributed by atoms with Gasteiger partial charge < -0.3 is 21.3 Å². The Labute approximate surface area is 152 Å². The normalized spacial score (nSPS) is 13.0. The third-order valence-electron chi connectivity index (χ3n) is 4.19. The van der Waals surface area contributed by atoms with Crippen molar-refractivity contribution in [3.8, 4) is 5.75 Å². The number of ether oxygens (including phenoxy) is 1. The Hall–Kier alpha value is -2.86. The van der Waals surface area contributed by atoms with Gasteiger partial charge >= 0.3 is 6.09 Å². The van der Waals surface area contributed by atoms with E-state index in [4.69, 9.17) is 16.2 Å². The lowest BCUT2D eigenvalue weighted by Crippen LogP contribution is -2.29. The van der Waals surface area contributed by atoms with Crippen molar-refractivity contribution < 1.29 is 19.4 Å². The Morgan fingerprint density at radius 1 is 0.962 bits per heavy atom. The molecule has 138 valence electrons. The fraction of sp³-hybridized carbons (Fsp3) is 0.300. The van der Waals surface area contributed by atoms with Gasteiger partial charge in [-0.1, -0.05) is 42.5 Å². The van der Waals surface area contributed by atoms with Gasteiger partial charge in [0.05, 0.1) is 6.10 Å². The topological polar surface area (TPSA) is 116 Å². The standard InChI is InChI=1S/C20H24N2O4/c21-19(24)16(12-15-7-10-18(11-8-15)26-20(22)25)13-17(23)9-6-14-4-2-1-3-5-14/h1-5,7-8,10-11,16-17,23H,6,9,12-13H2,(H2,21,24)(H2,22,25)/t16-,17+/m1/s1. The number of carbonyl (C=O) groups excluding carboxylic acids is 2. The first-order valence-electron chi connectivity index (χ1n) is 8.51. The Morgan fingerprint density at radius 2 is 1.62 bits per heavy atom. The predicted molar refractivity (Wildman–Crippen MR) is 98.4 cm³/mol. The summed E-state index contributed by atoms with van der Waals surface area (Å²) < 4.78 is 4.77. The zero-order chi connectivity index (χ0) is 18.9. The van der Waals surface area contributed by atoms with Gasteiger partial charge in [-0.05, 0) is 48.9 Å². The highest BCUT2D eigenvalue weighted by molar-refractivity contribution is 5.77. The molecule has 0 aromatic heterocycles. The van der Waals surface area contributed by atoms with Crippen molar-refractivity contribution in [1.82, 2.24) is 0 Å². The van der Waals surface area contributed by atoms with Crippen LogP contribution in [0.5, 0.6) is 5.75 Å². The maximum atomic E-state index is 11.8. The molecule has 0 saturated heterocycles. The molecule has 2 atom stereocenters. The van der Waals surface area contributed by atoms with Crippen LogP contribution in [0.25, 0.3) is 0 Å². The van der Waals surface area contributed by atoms with Gasteiger partial charge in [0.25, 0.3) is 0 Å². The fourth-order valence-electron chi connectivity index (χ4n) is 2.82. The van der Waals surface area contributed by atoms with E-state index < -0.39 is 24.0 Å². The number of primary amides is 2. The van der Waals surface area contributed by atoms with E-state index in [1.807, 2.05) is 30.3 Å². The quantitative estimate of drug-likeness (QED) is 0.638. The molecule has 2 aromatic carbocycles. The highest BCUT2D eigenvalue weighted by Crippen LogP contribution is 2.19. The number of nitrogens with two attached hydrogens (primary N) is 2. The van der Waals surface area contributed by atoms with E-state index in [0.717, 1.165) is 17.5 Å². The maximum absolute atomic E-state index is 11.8. The van der Waals surface area contributed by atoms with Crippen molar-refractivity contribution in [2.75, 3.05) is 0 Å². The number of benzene rings is 2. The van der Waals surface area contributed by atoms with E-state index in [1.165, 1.54) is 0 Å². The average molecular weight is 356 g/mol. The van der Waals surface area contributed by atoms with Crippen LogP contribution in [0.1, 0.15) is 24.0 Å². The van der Waals surface area contributed by atoms with Crippen molar-refractivity contribution in [2.45, 2.75) is 31.8 Å². The van der Waals surface area contributed by atoms with Gasteiger partial charge in [0, 0.05) is 5.92 Å². The molecule has 0 unspecified atom stereocenters. The summed E-state index contributed by atoms with van der Waals surface area (Å²) in [6.07, 6.45) is 0.543. The molecule has 0 heterocycles. The van der Waals surface area contributed by atoms with Crippen LogP contribution in [0.3, 0.4) is 0 Å². The molecule has 5 N–H and O–H groups in total. The van der Waals surface area contributed by atoms with E-state index in [0.29, 0.717) is 25.0 Å². The number of hydrogen-bond acceptors (Lipinski definition) is 4. The molecular weight excluding hydrogens is 332 g/mol. The zero-order valence-corrected chi connectivity index (χ0v) is 14.5. The Balaban J connectivity index is 1.89. The van der Waals surface area contributed by atoms with Crippen LogP contribution in [0, 0.1) is 5.92 Å². The molecule has 2 amide bonds. The van der Waals surface area contributed by atoms with Gasteiger partial charge in [0.15, 0.2) is 0 Å². The number of aryl methyl sites for hydroxylation is 1. The third kappa shape index (κ3) is 6.57. The Morgan fingerprint density at radius 3 is 2.19 bits per heavy atom. The summed E-state index contributed by atoms with van der Waals surface area (Å²) >= 11 is 0. The summed E-state index contributed by atoms with van der Waals surface area (Å²) in [5.74, 6) is -0.579. The molecule has 6 heteroatoms. The van der Waals surface area contributed by atoms with Crippen molar-refractivity contribution in [1.29, 1.82) is 0 Å². The summed E-state index contributed by atoms with van der Waals surface area (Å²) in [5, 5.41) is 10.3. The predicted octanol–water partition coefficient (Wildman–Crippen LogP) is 2.17. The number of carbonyl (C=O) groups is 2. The second-order valence-electron chi connectivity index (χ2n) is 6.28. The molecular formula is C20H24N2O4. The number of aliphatic hydroxyl groups is 1. The molecule has 2 aromatic rings. The first-order valence-corrected chi connectivity index (χ1v) is 8.51. The van der Waals surface area contributed by atoms with Crippen LogP contribution in [0.4, 0.5) is 4.79 Å². The van der Waals surface area contributed by atoms with Crippen molar-refractivity contribution >= 4 is 12.0 Å². The molecule has 0 saturated carbocycles. The zero-order valence-electron chi connectivity index (χ0n) is 14.5. The second-order valence-corrected chi connectivity index (χ2v) is 6.28. The number of hydrogen-bond donors (Lipinski definition) is 3. The van der Waals surface area contributed by atoms with Gasteiger partial charge in [-0.3, -0.25) is 4.79 Å². The van der Waals surface area contributed by atoms with Crippen molar-refractivity contribution in [3.63, 3.8) is 0 Å². The average Bonchev–Trinajstić information content (AvgIpc) is 2.61. The summed E-state index contributed by atoms with van der Waals surface area (Å²) in [7, 11) is 0. The molecule has 6 nitrogen and oxygen atoms in total. The molecule has 0 aliphatic heterocycles. The minimum Gasteiger partial charge on any atom is -0.411 e. The van der Waals surface area contributed by atoms with E-state index >= 15 is 0 Å². The number of rotatable bonds is 9. The molecule has 0 radical (unpaired) electrons. The second kappa shape index (κ2) is 9.58. The molecule has 0 aliphatic rings. The molecule has 26 heavy (non-hydrogen) atoms. The highest BCUT2D eigenvalue weighted by atomic mass is 16.5. The minimum absolute atomic E-state index is 0.307. The number of amides is 2. The Kier molecular flexibility index (Phi) is 7.17. The van der Waals surface area contributed by atoms with Gasteiger partial charge in [-0.15, -0.1) is 0 Å². The third-order valence-corrected chi connectivity index (χ3v) is 4.19. The Bertz CT molecular complexity index is 716. The minimum atomic E-state index is -0.880. The van der Waals surface area contributed by atoms with E-state index in [-0.39, 0.29) is 0 Å². The van der Waals surface area contributed by atoms with Gasteiger partial charge in [0.2, 0.25) is 5.91 Å². The summed E-state index contributed by atoms with van der Waals surface area (Å²) in [6.45, 7) is 0. The summed E-state index contributed by atoms with van der Waals surface area (Å²) in [4.78, 5) is 22.5. The summed E-state index contributed by atoms with van der Waals surface area (Å²) in [6, 6.07) is 16.6. The monoisotopic (exact) mass is 356 g/mol. The fourth-order valence-corrected chi connectivity index (χ4v) is 2.82. The van der Waals surface area contributed by atoms with Crippen LogP contribution in [-0.4, -0.2) is 23.2 Å². The van der Waals surface area contributed by atoms with Crippen LogP contribution in [-0.2, 0) is 17.6 Å². The maximum Gasteiger partial charge on any atom is 0.409 e. The van der Waals surface area contributed by atoms with E-state index in [1.54, 1.807) is 24.3 Å². The van der Waals surface area contributed by atoms with Crippen LogP contribution < -0.4 is 16.2 Å². The van der Waals surface area contributed by atoms with Crippen LogP contribution in [0.2, 0.25) is 0 Å².